The van der Waals surface area contributed by atoms with Gasteiger partial charge in [0, 0.05) is 19.5 Å². The molecule has 1 heterocycles. The number of nitrogens with two attached hydrogens (primary N) is 1. The number of carbonyl (C=O) groups excluding carboxylic acids is 1. The van der Waals surface area contributed by atoms with Gasteiger partial charge in [0.05, 0.1) is 0 Å². The van der Waals surface area contributed by atoms with Crippen molar-refractivity contribution in [1.82, 2.24) is 4.90 Å². The maximum absolute atomic E-state index is 12.2. The van der Waals surface area contributed by atoms with Crippen LogP contribution in [-0.2, 0) is 4.79 Å². The Balaban J connectivity index is 2.36. The summed E-state index contributed by atoms with van der Waals surface area (Å²) in [6.45, 7) is 9.18. The Morgan fingerprint density at radius 2 is 2.17 bits per heavy atom. The first-order valence-electron chi connectivity index (χ1n) is 7.54. The van der Waals surface area contributed by atoms with Crippen molar-refractivity contribution < 1.29 is 4.79 Å². The van der Waals surface area contributed by atoms with E-state index in [9.17, 15) is 4.79 Å². The molecule has 3 nitrogen and oxygen atoms in total. The second-order valence-electron chi connectivity index (χ2n) is 6.22. The van der Waals surface area contributed by atoms with Crippen molar-refractivity contribution in [3.8, 4) is 0 Å². The Morgan fingerprint density at radius 3 is 2.72 bits per heavy atom. The molecule has 1 fully saturated rings. The first kappa shape index (κ1) is 15.5. The summed E-state index contributed by atoms with van der Waals surface area (Å²) in [5, 5.41) is 0. The lowest BCUT2D eigenvalue weighted by Crippen LogP contribution is -2.32. The first-order chi connectivity index (χ1) is 8.56. The van der Waals surface area contributed by atoms with E-state index >= 15 is 0 Å². The molecule has 106 valence electrons. The fourth-order valence-corrected chi connectivity index (χ4v) is 3.01. The number of likely N-dealkylation sites (tertiary alicyclic amines) is 1. The van der Waals surface area contributed by atoms with Gasteiger partial charge in [0.2, 0.25) is 5.91 Å². The summed E-state index contributed by atoms with van der Waals surface area (Å²) in [4.78, 5) is 14.3. The maximum atomic E-state index is 12.2. The lowest BCUT2D eigenvalue weighted by molar-refractivity contribution is -0.131. The minimum Gasteiger partial charge on any atom is -0.342 e. The molecule has 3 heteroatoms. The zero-order valence-electron chi connectivity index (χ0n) is 12.3. The minimum atomic E-state index is 0.324. The predicted molar refractivity (Wildman–Crippen MR) is 76.2 cm³/mol. The van der Waals surface area contributed by atoms with Crippen LogP contribution in [0.15, 0.2) is 0 Å². The molecule has 0 aromatic heterocycles. The minimum absolute atomic E-state index is 0.324. The number of carbonyl (C=O) groups is 1. The Kier molecular flexibility index (Phi) is 6.69. The van der Waals surface area contributed by atoms with Gasteiger partial charge in [0.1, 0.15) is 0 Å². The van der Waals surface area contributed by atoms with Crippen molar-refractivity contribution in [2.75, 3.05) is 19.6 Å². The largest absolute Gasteiger partial charge is 0.342 e. The molecule has 1 unspecified atom stereocenters. The monoisotopic (exact) mass is 254 g/mol. The second kappa shape index (κ2) is 7.78. The van der Waals surface area contributed by atoms with Gasteiger partial charge in [0.25, 0.3) is 0 Å². The van der Waals surface area contributed by atoms with E-state index in [0.29, 0.717) is 30.7 Å². The average molecular weight is 254 g/mol. The lowest BCUT2D eigenvalue weighted by Gasteiger charge is -2.21. The van der Waals surface area contributed by atoms with Crippen LogP contribution in [-0.4, -0.2) is 30.4 Å². The van der Waals surface area contributed by atoms with Crippen molar-refractivity contribution in [3.63, 3.8) is 0 Å². The number of hydrogen-bond donors (Lipinski definition) is 1. The molecule has 1 rings (SSSR count). The predicted octanol–water partition coefficient (Wildman–Crippen LogP) is 2.65. The molecule has 1 saturated heterocycles. The Bertz CT molecular complexity index is 253. The highest BCUT2D eigenvalue weighted by molar-refractivity contribution is 5.76. The molecular formula is C15H30N2O. The molecule has 0 aromatic carbocycles. The van der Waals surface area contributed by atoms with Crippen LogP contribution in [0, 0.1) is 17.8 Å². The smallest absolute Gasteiger partial charge is 0.222 e. The quantitative estimate of drug-likeness (QED) is 0.759. The van der Waals surface area contributed by atoms with Crippen LogP contribution in [0.2, 0.25) is 0 Å². The van der Waals surface area contributed by atoms with Gasteiger partial charge in [-0.05, 0) is 43.6 Å². The van der Waals surface area contributed by atoms with E-state index in [-0.39, 0.29) is 0 Å². The van der Waals surface area contributed by atoms with Crippen LogP contribution >= 0.6 is 0 Å². The summed E-state index contributed by atoms with van der Waals surface area (Å²) in [6.07, 6.45) is 5.39. The molecule has 0 aromatic rings. The van der Waals surface area contributed by atoms with Crippen LogP contribution < -0.4 is 5.73 Å². The third-order valence-electron chi connectivity index (χ3n) is 3.94. The maximum Gasteiger partial charge on any atom is 0.222 e. The summed E-state index contributed by atoms with van der Waals surface area (Å²) in [5.41, 5.74) is 5.77. The van der Waals surface area contributed by atoms with Gasteiger partial charge < -0.3 is 10.6 Å². The number of rotatable bonds is 7. The third kappa shape index (κ3) is 4.97. The van der Waals surface area contributed by atoms with E-state index in [1.54, 1.807) is 0 Å². The van der Waals surface area contributed by atoms with Crippen molar-refractivity contribution >= 4 is 5.91 Å². The fourth-order valence-electron chi connectivity index (χ4n) is 3.01. The van der Waals surface area contributed by atoms with Gasteiger partial charge in [-0.1, -0.05) is 27.2 Å². The Labute approximate surface area is 112 Å². The third-order valence-corrected chi connectivity index (χ3v) is 3.94. The molecular weight excluding hydrogens is 224 g/mol. The highest BCUT2D eigenvalue weighted by Gasteiger charge is 2.26. The zero-order valence-corrected chi connectivity index (χ0v) is 12.3. The molecule has 1 amide bonds. The van der Waals surface area contributed by atoms with Crippen LogP contribution in [0.25, 0.3) is 0 Å². The summed E-state index contributed by atoms with van der Waals surface area (Å²) in [5.74, 6) is 2.05. The Hall–Kier alpha value is -0.570. The number of hydrogen-bond acceptors (Lipinski definition) is 2. The Morgan fingerprint density at radius 1 is 1.44 bits per heavy atom. The van der Waals surface area contributed by atoms with Crippen LogP contribution in [0.3, 0.4) is 0 Å². The molecule has 0 spiro atoms. The lowest BCUT2D eigenvalue weighted by atomic mass is 9.94. The first-order valence-corrected chi connectivity index (χ1v) is 7.54. The summed E-state index contributed by atoms with van der Waals surface area (Å²) in [6, 6.07) is 0. The molecule has 18 heavy (non-hydrogen) atoms. The highest BCUT2D eigenvalue weighted by atomic mass is 16.2. The standard InChI is InChI=1S/C15H30N2O/c1-4-5-13-6-7-17(11-13)15(18)9-14(10-16)8-12(2)3/h12-14H,4-11,16H2,1-3H3/t13?,14-/m0/s1. The van der Waals surface area contributed by atoms with Gasteiger partial charge in [-0.2, -0.15) is 0 Å². The van der Waals surface area contributed by atoms with Crippen molar-refractivity contribution in [3.05, 3.63) is 0 Å². The topological polar surface area (TPSA) is 46.3 Å². The molecule has 2 atom stereocenters. The van der Waals surface area contributed by atoms with Crippen LogP contribution in [0.1, 0.15) is 52.9 Å². The fraction of sp³-hybridized carbons (Fsp3) is 0.933. The van der Waals surface area contributed by atoms with Gasteiger partial charge >= 0.3 is 0 Å². The molecule has 0 bridgehead atoms. The van der Waals surface area contributed by atoms with E-state index < -0.39 is 0 Å². The van der Waals surface area contributed by atoms with Gasteiger partial charge in [-0.25, -0.2) is 0 Å². The molecule has 0 radical (unpaired) electrons. The van der Waals surface area contributed by atoms with E-state index in [1.807, 2.05) is 0 Å². The van der Waals surface area contributed by atoms with Gasteiger partial charge in [0.15, 0.2) is 0 Å². The van der Waals surface area contributed by atoms with Crippen LogP contribution in [0.4, 0.5) is 0 Å². The second-order valence-corrected chi connectivity index (χ2v) is 6.22. The van der Waals surface area contributed by atoms with E-state index in [0.717, 1.165) is 25.4 Å². The van der Waals surface area contributed by atoms with Crippen molar-refractivity contribution in [2.45, 2.75) is 52.9 Å². The van der Waals surface area contributed by atoms with E-state index in [2.05, 4.69) is 25.7 Å². The van der Waals surface area contributed by atoms with E-state index in [1.165, 1.54) is 19.3 Å². The molecule has 0 saturated carbocycles. The van der Waals surface area contributed by atoms with E-state index in [4.69, 9.17) is 5.73 Å². The molecule has 2 N–H and O–H groups in total. The normalized spacial score (nSPS) is 21.6. The SMILES string of the molecule is CCCC1CCN(C(=O)C[C@@H](CN)CC(C)C)C1. The van der Waals surface area contributed by atoms with Crippen molar-refractivity contribution in [2.24, 2.45) is 23.5 Å². The molecule has 1 aliphatic heterocycles. The number of nitrogens with zero attached hydrogens (tertiary/aromatic N) is 1. The highest BCUT2D eigenvalue weighted by Crippen LogP contribution is 2.23. The average Bonchev–Trinajstić information content (AvgIpc) is 2.76. The number of amides is 1. The zero-order chi connectivity index (χ0) is 13.5. The summed E-state index contributed by atoms with van der Waals surface area (Å²) < 4.78 is 0. The van der Waals surface area contributed by atoms with Gasteiger partial charge in [-0.15, -0.1) is 0 Å². The van der Waals surface area contributed by atoms with Crippen molar-refractivity contribution in [1.29, 1.82) is 0 Å². The summed E-state index contributed by atoms with van der Waals surface area (Å²) >= 11 is 0. The summed E-state index contributed by atoms with van der Waals surface area (Å²) in [7, 11) is 0. The molecule has 1 aliphatic rings. The molecule has 0 aliphatic carbocycles. The van der Waals surface area contributed by atoms with Crippen LogP contribution in [0.5, 0.6) is 0 Å². The van der Waals surface area contributed by atoms with Gasteiger partial charge in [-0.3, -0.25) is 4.79 Å².